The molecule has 148 valence electrons. The van der Waals surface area contributed by atoms with Gasteiger partial charge in [0.25, 0.3) is 0 Å². The van der Waals surface area contributed by atoms with Crippen LogP contribution in [0.4, 0.5) is 4.39 Å². The first-order valence-electron chi connectivity index (χ1n) is 8.83. The third-order valence-electron chi connectivity index (χ3n) is 4.30. The van der Waals surface area contributed by atoms with E-state index in [1.54, 1.807) is 30.3 Å². The summed E-state index contributed by atoms with van der Waals surface area (Å²) in [5.41, 5.74) is 1.50. The minimum absolute atomic E-state index is 0.215. The molecule has 3 rings (SSSR count). The monoisotopic (exact) mass is 404 g/mol. The fourth-order valence-electron chi connectivity index (χ4n) is 2.71. The number of morpholine rings is 1. The van der Waals surface area contributed by atoms with E-state index >= 15 is 0 Å². The highest BCUT2D eigenvalue weighted by Crippen LogP contribution is 2.18. The van der Waals surface area contributed by atoms with Crippen molar-refractivity contribution >= 4 is 22.0 Å². The molecule has 0 atom stereocenters. The van der Waals surface area contributed by atoms with Gasteiger partial charge in [0.05, 0.1) is 18.1 Å². The first kappa shape index (κ1) is 20.2. The maximum absolute atomic E-state index is 12.9. The van der Waals surface area contributed by atoms with Gasteiger partial charge in [-0.15, -0.1) is 0 Å². The Bertz CT molecular complexity index is 935. The molecule has 0 bridgehead atoms. The van der Waals surface area contributed by atoms with E-state index in [4.69, 9.17) is 4.74 Å². The van der Waals surface area contributed by atoms with Crippen LogP contribution in [-0.2, 0) is 26.1 Å². The van der Waals surface area contributed by atoms with Gasteiger partial charge in [0, 0.05) is 25.7 Å². The lowest BCUT2D eigenvalue weighted by molar-refractivity contribution is -0.116. The van der Waals surface area contributed by atoms with Crippen molar-refractivity contribution in [2.24, 2.45) is 0 Å². The fourth-order valence-corrected chi connectivity index (χ4v) is 4.12. The average molecular weight is 404 g/mol. The van der Waals surface area contributed by atoms with Crippen LogP contribution in [0.25, 0.3) is 6.08 Å². The SMILES string of the molecule is O=C(C=Cc1ccc(S(=O)(=O)N2CCOCC2)cc1)NCc1ccc(F)cc1. The Labute approximate surface area is 163 Å². The highest BCUT2D eigenvalue weighted by Gasteiger charge is 2.25. The summed E-state index contributed by atoms with van der Waals surface area (Å²) >= 11 is 0. The van der Waals surface area contributed by atoms with Gasteiger partial charge in [-0.05, 0) is 41.5 Å². The molecular formula is C20H21FN2O4S. The summed E-state index contributed by atoms with van der Waals surface area (Å²) in [4.78, 5) is 12.1. The standard InChI is InChI=1S/C20H21FN2O4S/c21-18-6-1-17(2-7-18)15-22-20(24)10-5-16-3-8-19(9-4-16)28(25,26)23-11-13-27-14-12-23/h1-10H,11-15H2,(H,22,24). The highest BCUT2D eigenvalue weighted by molar-refractivity contribution is 7.89. The topological polar surface area (TPSA) is 75.7 Å². The van der Waals surface area contributed by atoms with Gasteiger partial charge >= 0.3 is 0 Å². The predicted octanol–water partition coefficient (Wildman–Crippen LogP) is 2.18. The number of nitrogens with one attached hydrogen (secondary N) is 1. The Morgan fingerprint density at radius 3 is 2.36 bits per heavy atom. The summed E-state index contributed by atoms with van der Waals surface area (Å²) in [6.45, 7) is 1.77. The second-order valence-electron chi connectivity index (χ2n) is 6.26. The quantitative estimate of drug-likeness (QED) is 0.749. The molecule has 8 heteroatoms. The maximum Gasteiger partial charge on any atom is 0.244 e. The molecule has 0 radical (unpaired) electrons. The van der Waals surface area contributed by atoms with Gasteiger partial charge in [-0.2, -0.15) is 4.31 Å². The molecule has 1 N–H and O–H groups in total. The molecule has 0 aliphatic carbocycles. The van der Waals surface area contributed by atoms with Crippen molar-refractivity contribution in [2.75, 3.05) is 26.3 Å². The minimum Gasteiger partial charge on any atom is -0.379 e. The van der Waals surface area contributed by atoms with Crippen LogP contribution < -0.4 is 5.32 Å². The molecular weight excluding hydrogens is 383 g/mol. The zero-order valence-electron chi connectivity index (χ0n) is 15.2. The van der Waals surface area contributed by atoms with Gasteiger partial charge in [-0.3, -0.25) is 4.79 Å². The number of nitrogens with zero attached hydrogens (tertiary/aromatic N) is 1. The van der Waals surface area contributed by atoms with Crippen LogP contribution in [0.3, 0.4) is 0 Å². The summed E-state index contributed by atoms with van der Waals surface area (Å²) < 4.78 is 44.6. The van der Waals surface area contributed by atoms with Crippen LogP contribution >= 0.6 is 0 Å². The summed E-state index contributed by atoms with van der Waals surface area (Å²) in [6.07, 6.45) is 2.97. The number of hydrogen-bond donors (Lipinski definition) is 1. The van der Waals surface area contributed by atoms with Crippen molar-refractivity contribution in [3.8, 4) is 0 Å². The lowest BCUT2D eigenvalue weighted by atomic mass is 10.2. The third-order valence-corrected chi connectivity index (χ3v) is 6.21. The van der Waals surface area contributed by atoms with Crippen molar-refractivity contribution < 1.29 is 22.3 Å². The van der Waals surface area contributed by atoms with E-state index in [-0.39, 0.29) is 16.6 Å². The van der Waals surface area contributed by atoms with Crippen LogP contribution in [0.2, 0.25) is 0 Å². The van der Waals surface area contributed by atoms with Gasteiger partial charge in [0.15, 0.2) is 0 Å². The van der Waals surface area contributed by atoms with E-state index in [1.807, 2.05) is 0 Å². The fraction of sp³-hybridized carbons (Fsp3) is 0.250. The summed E-state index contributed by atoms with van der Waals surface area (Å²) in [5.74, 6) is -0.622. The van der Waals surface area contributed by atoms with Crippen molar-refractivity contribution in [2.45, 2.75) is 11.4 Å². The van der Waals surface area contributed by atoms with Gasteiger partial charge in [-0.25, -0.2) is 12.8 Å². The number of rotatable bonds is 6. The first-order valence-corrected chi connectivity index (χ1v) is 10.3. The van der Waals surface area contributed by atoms with Gasteiger partial charge in [0.1, 0.15) is 5.82 Å². The zero-order valence-corrected chi connectivity index (χ0v) is 16.0. The summed E-state index contributed by atoms with van der Waals surface area (Å²) in [7, 11) is -3.53. The van der Waals surface area contributed by atoms with E-state index in [1.165, 1.54) is 34.6 Å². The third kappa shape index (κ3) is 5.25. The normalized spacial score (nSPS) is 15.6. The molecule has 1 aliphatic heterocycles. The Hall–Kier alpha value is -2.55. The summed E-state index contributed by atoms with van der Waals surface area (Å²) in [5, 5.41) is 2.70. The van der Waals surface area contributed by atoms with Crippen molar-refractivity contribution in [3.05, 3.63) is 71.6 Å². The minimum atomic E-state index is -3.53. The number of carbonyl (C=O) groups excluding carboxylic acids is 1. The number of ether oxygens (including phenoxy) is 1. The molecule has 6 nitrogen and oxygen atoms in total. The lowest BCUT2D eigenvalue weighted by Crippen LogP contribution is -2.40. The van der Waals surface area contributed by atoms with Crippen LogP contribution in [0.1, 0.15) is 11.1 Å². The number of sulfonamides is 1. The number of carbonyl (C=O) groups is 1. The molecule has 0 spiro atoms. The van der Waals surface area contributed by atoms with Gasteiger partial charge in [-0.1, -0.05) is 24.3 Å². The van der Waals surface area contributed by atoms with Crippen molar-refractivity contribution in [1.82, 2.24) is 9.62 Å². The predicted molar refractivity (Wildman–Crippen MR) is 103 cm³/mol. The molecule has 1 saturated heterocycles. The number of hydrogen-bond acceptors (Lipinski definition) is 4. The first-order chi connectivity index (χ1) is 13.4. The number of benzene rings is 2. The zero-order chi connectivity index (χ0) is 20.0. The highest BCUT2D eigenvalue weighted by atomic mass is 32.2. The molecule has 1 heterocycles. The van der Waals surface area contributed by atoms with Crippen LogP contribution in [0, 0.1) is 5.82 Å². The van der Waals surface area contributed by atoms with E-state index in [0.717, 1.165) is 5.56 Å². The molecule has 28 heavy (non-hydrogen) atoms. The Morgan fingerprint density at radius 2 is 1.71 bits per heavy atom. The van der Waals surface area contributed by atoms with Crippen LogP contribution in [-0.4, -0.2) is 44.9 Å². The Kier molecular flexibility index (Phi) is 6.56. The molecule has 0 aromatic heterocycles. The Balaban J connectivity index is 1.57. The van der Waals surface area contributed by atoms with E-state index < -0.39 is 10.0 Å². The van der Waals surface area contributed by atoms with Crippen molar-refractivity contribution in [3.63, 3.8) is 0 Å². The second-order valence-corrected chi connectivity index (χ2v) is 8.20. The maximum atomic E-state index is 12.9. The second kappa shape index (κ2) is 9.09. The molecule has 2 aromatic rings. The average Bonchev–Trinajstić information content (AvgIpc) is 2.73. The van der Waals surface area contributed by atoms with Crippen LogP contribution in [0.5, 0.6) is 0 Å². The molecule has 1 aliphatic rings. The van der Waals surface area contributed by atoms with Crippen LogP contribution in [0.15, 0.2) is 59.5 Å². The molecule has 2 aromatic carbocycles. The molecule has 0 unspecified atom stereocenters. The van der Waals surface area contributed by atoms with Gasteiger partial charge in [0.2, 0.25) is 15.9 Å². The smallest absolute Gasteiger partial charge is 0.244 e. The number of amides is 1. The van der Waals surface area contributed by atoms with Crippen molar-refractivity contribution in [1.29, 1.82) is 0 Å². The molecule has 1 amide bonds. The lowest BCUT2D eigenvalue weighted by Gasteiger charge is -2.26. The van der Waals surface area contributed by atoms with Gasteiger partial charge < -0.3 is 10.1 Å². The number of halogens is 1. The van der Waals surface area contributed by atoms with E-state index in [9.17, 15) is 17.6 Å². The van der Waals surface area contributed by atoms with E-state index in [2.05, 4.69) is 5.32 Å². The van der Waals surface area contributed by atoms with E-state index in [0.29, 0.717) is 38.4 Å². The molecule has 1 fully saturated rings. The Morgan fingerprint density at radius 1 is 1.07 bits per heavy atom. The summed E-state index contributed by atoms with van der Waals surface area (Å²) in [6, 6.07) is 12.2. The molecule has 0 saturated carbocycles. The largest absolute Gasteiger partial charge is 0.379 e.